The lowest BCUT2D eigenvalue weighted by atomic mass is 10.0. The SMILES string of the molecule is CCCN(Cc1ccc(OC)cc1)C(C)(C)C. The van der Waals surface area contributed by atoms with Crippen LogP contribution in [0, 0.1) is 0 Å². The van der Waals surface area contributed by atoms with Crippen LogP contribution in [0.2, 0.25) is 0 Å². The van der Waals surface area contributed by atoms with Crippen LogP contribution < -0.4 is 4.74 Å². The highest BCUT2D eigenvalue weighted by Gasteiger charge is 2.20. The first kappa shape index (κ1) is 14.0. The van der Waals surface area contributed by atoms with Gasteiger partial charge in [-0.3, -0.25) is 4.90 Å². The van der Waals surface area contributed by atoms with E-state index >= 15 is 0 Å². The fraction of sp³-hybridized carbons (Fsp3) is 0.600. The number of hydrogen-bond acceptors (Lipinski definition) is 2. The van der Waals surface area contributed by atoms with Crippen molar-refractivity contribution < 1.29 is 4.74 Å². The van der Waals surface area contributed by atoms with Gasteiger partial charge in [-0.25, -0.2) is 0 Å². The Balaban J connectivity index is 2.72. The Kier molecular flexibility index (Phi) is 5.01. The Morgan fingerprint density at radius 1 is 1.12 bits per heavy atom. The molecule has 96 valence electrons. The second-order valence-corrected chi connectivity index (χ2v) is 5.44. The van der Waals surface area contributed by atoms with Gasteiger partial charge in [0, 0.05) is 12.1 Å². The number of ether oxygens (including phenoxy) is 1. The predicted octanol–water partition coefficient (Wildman–Crippen LogP) is 3.71. The maximum absolute atomic E-state index is 5.18. The van der Waals surface area contributed by atoms with E-state index in [1.54, 1.807) is 7.11 Å². The van der Waals surface area contributed by atoms with E-state index in [-0.39, 0.29) is 5.54 Å². The summed E-state index contributed by atoms with van der Waals surface area (Å²) in [4.78, 5) is 2.51. The monoisotopic (exact) mass is 235 g/mol. The number of benzene rings is 1. The second kappa shape index (κ2) is 6.06. The van der Waals surface area contributed by atoms with Gasteiger partial charge >= 0.3 is 0 Å². The molecule has 2 nitrogen and oxygen atoms in total. The summed E-state index contributed by atoms with van der Waals surface area (Å²) in [5.41, 5.74) is 1.56. The van der Waals surface area contributed by atoms with Crippen molar-refractivity contribution in [3.63, 3.8) is 0 Å². The Hall–Kier alpha value is -1.02. The molecule has 0 saturated carbocycles. The summed E-state index contributed by atoms with van der Waals surface area (Å²) < 4.78 is 5.18. The minimum absolute atomic E-state index is 0.218. The van der Waals surface area contributed by atoms with Crippen molar-refractivity contribution in [2.24, 2.45) is 0 Å². The van der Waals surface area contributed by atoms with Crippen LogP contribution in [-0.2, 0) is 6.54 Å². The highest BCUT2D eigenvalue weighted by molar-refractivity contribution is 5.27. The first-order chi connectivity index (χ1) is 7.97. The molecule has 0 aliphatic carbocycles. The zero-order chi connectivity index (χ0) is 12.9. The van der Waals surface area contributed by atoms with Crippen molar-refractivity contribution in [1.29, 1.82) is 0 Å². The van der Waals surface area contributed by atoms with Gasteiger partial charge in [0.15, 0.2) is 0 Å². The van der Waals surface area contributed by atoms with Crippen molar-refractivity contribution in [1.82, 2.24) is 4.90 Å². The van der Waals surface area contributed by atoms with Gasteiger partial charge in [-0.05, 0) is 51.4 Å². The molecule has 0 fully saturated rings. The average molecular weight is 235 g/mol. The van der Waals surface area contributed by atoms with Crippen molar-refractivity contribution in [2.75, 3.05) is 13.7 Å². The summed E-state index contributed by atoms with van der Waals surface area (Å²) in [6.07, 6.45) is 1.19. The fourth-order valence-corrected chi connectivity index (χ4v) is 1.87. The molecule has 1 aromatic rings. The van der Waals surface area contributed by atoms with Gasteiger partial charge in [0.1, 0.15) is 5.75 Å². The second-order valence-electron chi connectivity index (χ2n) is 5.44. The molecule has 1 aromatic carbocycles. The van der Waals surface area contributed by atoms with Gasteiger partial charge in [-0.1, -0.05) is 19.1 Å². The summed E-state index contributed by atoms with van der Waals surface area (Å²) in [5, 5.41) is 0. The van der Waals surface area contributed by atoms with Gasteiger partial charge < -0.3 is 4.74 Å². The van der Waals surface area contributed by atoms with Gasteiger partial charge in [-0.2, -0.15) is 0 Å². The molecule has 0 radical (unpaired) electrons. The van der Waals surface area contributed by atoms with Crippen LogP contribution in [0.3, 0.4) is 0 Å². The minimum Gasteiger partial charge on any atom is -0.497 e. The highest BCUT2D eigenvalue weighted by Crippen LogP contribution is 2.19. The van der Waals surface area contributed by atoms with Crippen molar-refractivity contribution in [3.8, 4) is 5.75 Å². The number of rotatable bonds is 5. The normalized spacial score (nSPS) is 11.9. The van der Waals surface area contributed by atoms with E-state index in [9.17, 15) is 0 Å². The van der Waals surface area contributed by atoms with E-state index in [2.05, 4.69) is 44.7 Å². The van der Waals surface area contributed by atoms with Gasteiger partial charge in [-0.15, -0.1) is 0 Å². The molecule has 17 heavy (non-hydrogen) atoms. The molecule has 1 rings (SSSR count). The molecule has 0 unspecified atom stereocenters. The summed E-state index contributed by atoms with van der Waals surface area (Å²) in [6.45, 7) is 11.2. The summed E-state index contributed by atoms with van der Waals surface area (Å²) in [7, 11) is 1.70. The van der Waals surface area contributed by atoms with E-state index in [0.29, 0.717) is 0 Å². The molecule has 0 heterocycles. The molecule has 0 bridgehead atoms. The summed E-state index contributed by atoms with van der Waals surface area (Å²) in [6, 6.07) is 8.35. The molecular weight excluding hydrogens is 210 g/mol. The van der Waals surface area contributed by atoms with Crippen molar-refractivity contribution >= 4 is 0 Å². The van der Waals surface area contributed by atoms with Crippen LogP contribution in [0.5, 0.6) is 5.75 Å². The Labute approximate surface area is 106 Å². The lowest BCUT2D eigenvalue weighted by Crippen LogP contribution is -2.41. The minimum atomic E-state index is 0.218. The third-order valence-electron chi connectivity index (χ3n) is 2.97. The van der Waals surface area contributed by atoms with Crippen molar-refractivity contribution in [2.45, 2.75) is 46.2 Å². The van der Waals surface area contributed by atoms with Crippen LogP contribution in [0.25, 0.3) is 0 Å². The fourth-order valence-electron chi connectivity index (χ4n) is 1.87. The maximum Gasteiger partial charge on any atom is 0.118 e. The predicted molar refractivity (Wildman–Crippen MR) is 73.4 cm³/mol. The molecule has 0 saturated heterocycles. The first-order valence-electron chi connectivity index (χ1n) is 6.35. The first-order valence-corrected chi connectivity index (χ1v) is 6.35. The summed E-state index contributed by atoms with van der Waals surface area (Å²) in [5.74, 6) is 0.923. The Morgan fingerprint density at radius 2 is 1.71 bits per heavy atom. The van der Waals surface area contributed by atoms with E-state index in [1.807, 2.05) is 12.1 Å². The molecule has 0 amide bonds. The average Bonchev–Trinajstić information content (AvgIpc) is 2.28. The Bertz CT molecular complexity index is 324. The van der Waals surface area contributed by atoms with Crippen LogP contribution >= 0.6 is 0 Å². The Morgan fingerprint density at radius 3 is 2.12 bits per heavy atom. The van der Waals surface area contributed by atoms with Gasteiger partial charge in [0.2, 0.25) is 0 Å². The van der Waals surface area contributed by atoms with E-state index < -0.39 is 0 Å². The number of nitrogens with zero attached hydrogens (tertiary/aromatic N) is 1. The summed E-state index contributed by atoms with van der Waals surface area (Å²) >= 11 is 0. The van der Waals surface area contributed by atoms with Gasteiger partial charge in [0.25, 0.3) is 0 Å². The zero-order valence-corrected chi connectivity index (χ0v) is 11.8. The molecule has 0 spiro atoms. The molecule has 0 atom stereocenters. The van der Waals surface area contributed by atoms with Gasteiger partial charge in [0.05, 0.1) is 7.11 Å². The largest absolute Gasteiger partial charge is 0.497 e. The quantitative estimate of drug-likeness (QED) is 0.771. The number of methoxy groups -OCH3 is 1. The van der Waals surface area contributed by atoms with E-state index in [4.69, 9.17) is 4.74 Å². The van der Waals surface area contributed by atoms with E-state index in [0.717, 1.165) is 18.8 Å². The standard InChI is InChI=1S/C15H25NO/c1-6-11-16(15(2,3)4)12-13-7-9-14(17-5)10-8-13/h7-10H,6,11-12H2,1-5H3. The van der Waals surface area contributed by atoms with E-state index in [1.165, 1.54) is 12.0 Å². The third kappa shape index (κ3) is 4.39. The van der Waals surface area contributed by atoms with Crippen LogP contribution in [0.15, 0.2) is 24.3 Å². The molecule has 2 heteroatoms. The van der Waals surface area contributed by atoms with Crippen LogP contribution in [0.1, 0.15) is 39.7 Å². The highest BCUT2D eigenvalue weighted by atomic mass is 16.5. The molecule has 0 N–H and O–H groups in total. The molecule has 0 aliphatic rings. The van der Waals surface area contributed by atoms with Crippen LogP contribution in [0.4, 0.5) is 0 Å². The molecular formula is C15H25NO. The molecule has 0 aliphatic heterocycles. The topological polar surface area (TPSA) is 12.5 Å². The van der Waals surface area contributed by atoms with Crippen LogP contribution in [-0.4, -0.2) is 24.1 Å². The zero-order valence-electron chi connectivity index (χ0n) is 11.8. The lowest BCUT2D eigenvalue weighted by Gasteiger charge is -2.35. The maximum atomic E-state index is 5.18. The van der Waals surface area contributed by atoms with Crippen molar-refractivity contribution in [3.05, 3.63) is 29.8 Å². The smallest absolute Gasteiger partial charge is 0.118 e. The number of hydrogen-bond donors (Lipinski definition) is 0. The third-order valence-corrected chi connectivity index (χ3v) is 2.97. The lowest BCUT2D eigenvalue weighted by molar-refractivity contribution is 0.128. The molecule has 0 aromatic heterocycles.